The molecule has 1 unspecified atom stereocenters. The Balaban J connectivity index is 1.56. The molecule has 0 aliphatic carbocycles. The van der Waals surface area contributed by atoms with Crippen molar-refractivity contribution in [2.24, 2.45) is 5.41 Å². The lowest BCUT2D eigenvalue weighted by Gasteiger charge is -2.39. The van der Waals surface area contributed by atoms with E-state index in [0.29, 0.717) is 36.7 Å². The quantitative estimate of drug-likeness (QED) is 0.751. The molecule has 2 amide bonds. The number of piperidine rings is 1. The number of likely N-dealkylation sites (tertiary alicyclic amines) is 2. The first-order chi connectivity index (χ1) is 13.0. The minimum Gasteiger partial charge on any atom is -0.385 e. The molecular weight excluding hydrogens is 368 g/mol. The van der Waals surface area contributed by atoms with E-state index in [1.165, 1.54) is 0 Å². The summed E-state index contributed by atoms with van der Waals surface area (Å²) >= 11 is 6.10. The number of ether oxygens (including phenoxy) is 1. The molecule has 2 fully saturated rings. The number of aliphatic hydroxyl groups is 1. The number of rotatable bonds is 6. The molecule has 27 heavy (non-hydrogen) atoms. The molecule has 3 rings (SSSR count). The zero-order valence-electron chi connectivity index (χ0n) is 15.7. The Morgan fingerprint density at radius 3 is 2.70 bits per heavy atom. The maximum Gasteiger partial charge on any atom is 0.256 e. The highest BCUT2D eigenvalue weighted by Gasteiger charge is 2.45. The normalized spacial score (nSPS) is 20.3. The van der Waals surface area contributed by atoms with Crippen LogP contribution in [0, 0.1) is 5.41 Å². The summed E-state index contributed by atoms with van der Waals surface area (Å²) in [5, 5.41) is 10.8. The number of carbonyl (C=O) groups excluding carboxylic acids is 2. The molecule has 2 heterocycles. The highest BCUT2D eigenvalue weighted by atomic mass is 35.5. The van der Waals surface area contributed by atoms with Crippen molar-refractivity contribution in [2.75, 3.05) is 39.9 Å². The summed E-state index contributed by atoms with van der Waals surface area (Å²) in [7, 11) is 1.66. The second-order valence-corrected chi connectivity index (χ2v) is 7.99. The number of halogens is 1. The van der Waals surface area contributed by atoms with Gasteiger partial charge in [-0.2, -0.15) is 0 Å². The zero-order valence-corrected chi connectivity index (χ0v) is 16.5. The average Bonchev–Trinajstić information content (AvgIpc) is 2.97. The van der Waals surface area contributed by atoms with Gasteiger partial charge in [-0.3, -0.25) is 9.59 Å². The number of carbonyl (C=O) groups is 2. The van der Waals surface area contributed by atoms with Crippen LogP contribution in [-0.4, -0.2) is 66.6 Å². The van der Waals surface area contributed by atoms with Crippen LogP contribution in [-0.2, 0) is 14.3 Å². The van der Waals surface area contributed by atoms with Crippen LogP contribution in [0.2, 0.25) is 5.02 Å². The third kappa shape index (κ3) is 4.45. The Labute approximate surface area is 165 Å². The third-order valence-corrected chi connectivity index (χ3v) is 6.10. The summed E-state index contributed by atoms with van der Waals surface area (Å²) in [6, 6.07) is 6.86. The van der Waals surface area contributed by atoms with Gasteiger partial charge < -0.3 is 19.6 Å². The number of methoxy groups -OCH3 is 1. The summed E-state index contributed by atoms with van der Waals surface area (Å²) < 4.78 is 5.07. The van der Waals surface area contributed by atoms with E-state index in [9.17, 15) is 14.7 Å². The van der Waals surface area contributed by atoms with E-state index in [0.717, 1.165) is 32.4 Å². The van der Waals surface area contributed by atoms with Crippen molar-refractivity contribution >= 4 is 23.4 Å². The van der Waals surface area contributed by atoms with Gasteiger partial charge >= 0.3 is 0 Å². The molecule has 0 radical (unpaired) electrons. The van der Waals surface area contributed by atoms with E-state index in [1.54, 1.807) is 36.3 Å². The minimum absolute atomic E-state index is 0.0454. The third-order valence-electron chi connectivity index (χ3n) is 5.75. The van der Waals surface area contributed by atoms with Gasteiger partial charge in [0.15, 0.2) is 6.10 Å². The van der Waals surface area contributed by atoms with Crippen LogP contribution in [0.1, 0.15) is 37.4 Å². The van der Waals surface area contributed by atoms with E-state index in [4.69, 9.17) is 16.3 Å². The van der Waals surface area contributed by atoms with Gasteiger partial charge in [0.05, 0.1) is 0 Å². The monoisotopic (exact) mass is 394 g/mol. The minimum atomic E-state index is -1.25. The van der Waals surface area contributed by atoms with Crippen molar-refractivity contribution in [3.63, 3.8) is 0 Å². The molecule has 6 nitrogen and oxygen atoms in total. The van der Waals surface area contributed by atoms with Gasteiger partial charge in [-0.15, -0.1) is 0 Å². The molecule has 1 atom stereocenters. The number of nitrogens with zero attached hydrogens (tertiary/aromatic N) is 2. The summed E-state index contributed by atoms with van der Waals surface area (Å²) in [5.41, 5.74) is 0.390. The Bertz CT molecular complexity index is 688. The van der Waals surface area contributed by atoms with Crippen LogP contribution in [0.15, 0.2) is 24.3 Å². The van der Waals surface area contributed by atoms with Crippen molar-refractivity contribution < 1.29 is 19.4 Å². The van der Waals surface area contributed by atoms with Crippen molar-refractivity contribution in [3.05, 3.63) is 34.9 Å². The Kier molecular flexibility index (Phi) is 6.40. The predicted molar refractivity (Wildman–Crippen MR) is 102 cm³/mol. The first kappa shape index (κ1) is 20.1. The van der Waals surface area contributed by atoms with Crippen LogP contribution < -0.4 is 0 Å². The standard InChI is InChI=1S/C20H27ClN2O4/c1-27-12-4-9-23-14-20(13-17(23)24)7-10-22(11-8-20)19(26)18(25)15-5-2-3-6-16(15)21/h2-3,5-6,18,25H,4,7-14H2,1H3. The first-order valence-corrected chi connectivity index (χ1v) is 9.81. The molecular formula is C20H27ClN2O4. The molecule has 0 aromatic heterocycles. The van der Waals surface area contributed by atoms with Crippen molar-refractivity contribution in [2.45, 2.75) is 31.8 Å². The fraction of sp³-hybridized carbons (Fsp3) is 0.600. The summed E-state index contributed by atoms with van der Waals surface area (Å²) in [4.78, 5) is 28.6. The smallest absolute Gasteiger partial charge is 0.256 e. The lowest BCUT2D eigenvalue weighted by Crippen LogP contribution is -2.46. The second kappa shape index (κ2) is 8.59. The number of hydrogen-bond acceptors (Lipinski definition) is 4. The average molecular weight is 395 g/mol. The molecule has 1 aromatic rings. The van der Waals surface area contributed by atoms with Gasteiger partial charge in [0.1, 0.15) is 0 Å². The highest BCUT2D eigenvalue weighted by molar-refractivity contribution is 6.31. The predicted octanol–water partition coefficient (Wildman–Crippen LogP) is 2.25. The van der Waals surface area contributed by atoms with Gasteiger partial charge in [-0.05, 0) is 25.3 Å². The lowest BCUT2D eigenvalue weighted by atomic mass is 9.77. The van der Waals surface area contributed by atoms with Crippen LogP contribution in [0.4, 0.5) is 0 Å². The second-order valence-electron chi connectivity index (χ2n) is 7.59. The van der Waals surface area contributed by atoms with Gasteiger partial charge in [0.25, 0.3) is 5.91 Å². The summed E-state index contributed by atoms with van der Waals surface area (Å²) in [6.45, 7) is 3.24. The van der Waals surface area contributed by atoms with E-state index in [1.807, 2.05) is 4.90 Å². The first-order valence-electron chi connectivity index (χ1n) is 9.44. The molecule has 0 bridgehead atoms. The zero-order chi connectivity index (χ0) is 19.4. The largest absolute Gasteiger partial charge is 0.385 e. The molecule has 2 aliphatic rings. The molecule has 7 heteroatoms. The highest BCUT2D eigenvalue weighted by Crippen LogP contribution is 2.41. The Hall–Kier alpha value is -1.63. The molecule has 1 spiro atoms. The topological polar surface area (TPSA) is 70.1 Å². The fourth-order valence-electron chi connectivity index (χ4n) is 4.12. The molecule has 1 aromatic carbocycles. The maximum atomic E-state index is 12.7. The van der Waals surface area contributed by atoms with Crippen LogP contribution in [0.5, 0.6) is 0 Å². The molecule has 2 saturated heterocycles. The van der Waals surface area contributed by atoms with Crippen LogP contribution >= 0.6 is 11.6 Å². The van der Waals surface area contributed by atoms with Crippen molar-refractivity contribution in [3.8, 4) is 0 Å². The number of benzene rings is 1. The number of hydrogen-bond donors (Lipinski definition) is 1. The van der Waals surface area contributed by atoms with Gasteiger partial charge in [-0.1, -0.05) is 29.8 Å². The van der Waals surface area contributed by atoms with Crippen LogP contribution in [0.3, 0.4) is 0 Å². The molecule has 1 N–H and O–H groups in total. The number of amides is 2. The van der Waals surface area contributed by atoms with E-state index < -0.39 is 6.10 Å². The number of aliphatic hydroxyl groups excluding tert-OH is 1. The lowest BCUT2D eigenvalue weighted by molar-refractivity contribution is -0.142. The van der Waals surface area contributed by atoms with E-state index in [-0.39, 0.29) is 17.2 Å². The molecule has 148 valence electrons. The van der Waals surface area contributed by atoms with Gasteiger partial charge in [-0.25, -0.2) is 0 Å². The van der Waals surface area contributed by atoms with E-state index >= 15 is 0 Å². The summed E-state index contributed by atoms with van der Waals surface area (Å²) in [6.07, 6.45) is 1.70. The SMILES string of the molecule is COCCCN1CC2(CCN(C(=O)C(O)c3ccccc3Cl)CC2)CC1=O. The Morgan fingerprint density at radius 1 is 1.33 bits per heavy atom. The summed E-state index contributed by atoms with van der Waals surface area (Å²) in [5.74, 6) is -0.124. The Morgan fingerprint density at radius 2 is 2.04 bits per heavy atom. The molecule has 0 saturated carbocycles. The molecule has 2 aliphatic heterocycles. The maximum absolute atomic E-state index is 12.7. The van der Waals surface area contributed by atoms with Gasteiger partial charge in [0, 0.05) is 62.3 Å². The fourth-order valence-corrected chi connectivity index (χ4v) is 4.36. The van der Waals surface area contributed by atoms with Crippen molar-refractivity contribution in [1.29, 1.82) is 0 Å². The van der Waals surface area contributed by atoms with Crippen LogP contribution in [0.25, 0.3) is 0 Å². The van der Waals surface area contributed by atoms with E-state index in [2.05, 4.69) is 0 Å². The van der Waals surface area contributed by atoms with Gasteiger partial charge in [0.2, 0.25) is 5.91 Å². The van der Waals surface area contributed by atoms with Crippen molar-refractivity contribution in [1.82, 2.24) is 9.80 Å².